The van der Waals surface area contributed by atoms with E-state index in [0.29, 0.717) is 28.2 Å². The van der Waals surface area contributed by atoms with Crippen LogP contribution >= 0.6 is 23.1 Å². The molecular formula is C26H30N4O3S2. The zero-order valence-corrected chi connectivity index (χ0v) is 21.7. The van der Waals surface area contributed by atoms with Crippen LogP contribution in [0.4, 0.5) is 5.00 Å². The quantitative estimate of drug-likeness (QED) is 0.236. The first-order valence-electron chi connectivity index (χ1n) is 11.7. The normalized spacial score (nSPS) is 14.9. The summed E-state index contributed by atoms with van der Waals surface area (Å²) in [4.78, 5) is 26.5. The van der Waals surface area contributed by atoms with Gasteiger partial charge in [0.15, 0.2) is 5.16 Å². The van der Waals surface area contributed by atoms with Gasteiger partial charge in [-0.15, -0.1) is 28.1 Å². The Labute approximate surface area is 214 Å². The number of benzene rings is 1. The van der Waals surface area contributed by atoms with Gasteiger partial charge in [-0.1, -0.05) is 55.1 Å². The average molecular weight is 511 g/mol. The van der Waals surface area contributed by atoms with E-state index in [1.54, 1.807) is 6.08 Å². The number of aryl methyl sites for hydroxylation is 2. The van der Waals surface area contributed by atoms with Crippen LogP contribution in [-0.2, 0) is 41.8 Å². The van der Waals surface area contributed by atoms with Crippen molar-refractivity contribution >= 4 is 40.0 Å². The molecular weight excluding hydrogens is 480 g/mol. The predicted molar refractivity (Wildman–Crippen MR) is 140 cm³/mol. The second-order valence-electron chi connectivity index (χ2n) is 8.67. The van der Waals surface area contributed by atoms with Crippen molar-refractivity contribution in [1.82, 2.24) is 14.8 Å². The molecule has 0 bridgehead atoms. The third-order valence-corrected chi connectivity index (χ3v) is 8.21. The molecule has 4 rings (SSSR count). The molecule has 3 aromatic rings. The number of allylic oxidation sites excluding steroid dienone is 1. The van der Waals surface area contributed by atoms with Crippen molar-refractivity contribution in [3.8, 4) is 0 Å². The zero-order valence-electron chi connectivity index (χ0n) is 20.1. The Morgan fingerprint density at radius 3 is 2.83 bits per heavy atom. The van der Waals surface area contributed by atoms with Crippen LogP contribution in [0.15, 0.2) is 48.1 Å². The van der Waals surface area contributed by atoms with E-state index < -0.39 is 5.97 Å². The molecule has 35 heavy (non-hydrogen) atoms. The molecule has 1 aliphatic rings. The van der Waals surface area contributed by atoms with E-state index in [-0.39, 0.29) is 11.7 Å². The topological polar surface area (TPSA) is 86.1 Å². The second-order valence-corrected chi connectivity index (χ2v) is 10.7. The molecule has 0 spiro atoms. The molecule has 1 N–H and O–H groups in total. The minimum Gasteiger partial charge on any atom is -0.465 e. The first kappa shape index (κ1) is 25.2. The van der Waals surface area contributed by atoms with Gasteiger partial charge in [-0.2, -0.15) is 0 Å². The minimum atomic E-state index is -0.395. The monoisotopic (exact) mass is 510 g/mol. The Morgan fingerprint density at radius 1 is 1.29 bits per heavy atom. The van der Waals surface area contributed by atoms with E-state index in [2.05, 4.69) is 41.1 Å². The Balaban J connectivity index is 1.43. The summed E-state index contributed by atoms with van der Waals surface area (Å²) in [7, 11) is 1.38. The number of fused-ring (bicyclic) bond motifs is 1. The smallest absolute Gasteiger partial charge is 0.341 e. The van der Waals surface area contributed by atoms with Crippen molar-refractivity contribution in [2.75, 3.05) is 18.2 Å². The molecule has 0 fully saturated rings. The molecule has 1 unspecified atom stereocenters. The van der Waals surface area contributed by atoms with Crippen molar-refractivity contribution in [2.45, 2.75) is 50.7 Å². The number of methoxy groups -OCH3 is 1. The number of nitrogens with zero attached hydrogens (tertiary/aromatic N) is 3. The molecule has 2 aromatic heterocycles. The lowest BCUT2D eigenvalue weighted by Gasteiger charge is -2.18. The molecule has 1 aliphatic carbocycles. The number of hydrogen-bond donors (Lipinski definition) is 1. The van der Waals surface area contributed by atoms with Gasteiger partial charge >= 0.3 is 5.97 Å². The Morgan fingerprint density at radius 2 is 2.09 bits per heavy atom. The first-order chi connectivity index (χ1) is 17.0. The van der Waals surface area contributed by atoms with Crippen LogP contribution in [0.1, 0.15) is 45.5 Å². The van der Waals surface area contributed by atoms with Crippen LogP contribution < -0.4 is 5.32 Å². The predicted octanol–water partition coefficient (Wildman–Crippen LogP) is 4.95. The van der Waals surface area contributed by atoms with Crippen molar-refractivity contribution in [2.24, 2.45) is 5.92 Å². The van der Waals surface area contributed by atoms with Gasteiger partial charge in [0, 0.05) is 17.8 Å². The highest BCUT2D eigenvalue weighted by Gasteiger charge is 2.29. The van der Waals surface area contributed by atoms with E-state index in [1.807, 2.05) is 22.8 Å². The number of esters is 1. The lowest BCUT2D eigenvalue weighted by molar-refractivity contribution is -0.113. The third kappa shape index (κ3) is 6.02. The van der Waals surface area contributed by atoms with Crippen LogP contribution in [0.2, 0.25) is 0 Å². The number of nitrogens with one attached hydrogen (secondary N) is 1. The van der Waals surface area contributed by atoms with Crippen LogP contribution in [-0.4, -0.2) is 39.5 Å². The summed E-state index contributed by atoms with van der Waals surface area (Å²) in [6.07, 6.45) is 6.20. The van der Waals surface area contributed by atoms with Gasteiger partial charge in [-0.3, -0.25) is 4.79 Å². The number of hydrogen-bond acceptors (Lipinski definition) is 7. The fourth-order valence-electron chi connectivity index (χ4n) is 4.27. The van der Waals surface area contributed by atoms with Crippen molar-refractivity contribution in [3.63, 3.8) is 0 Å². The SMILES string of the molecule is C=CCn1c(CCc2ccccc2)nnc1SCC(=O)Nc1sc2c(c1C(=O)OC)CCC(C)C2. The molecule has 1 amide bonds. The molecule has 0 saturated carbocycles. The van der Waals surface area contributed by atoms with Crippen LogP contribution in [0.3, 0.4) is 0 Å². The largest absolute Gasteiger partial charge is 0.465 e. The molecule has 9 heteroatoms. The lowest BCUT2D eigenvalue weighted by atomic mass is 9.88. The van der Waals surface area contributed by atoms with Gasteiger partial charge < -0.3 is 14.6 Å². The van der Waals surface area contributed by atoms with E-state index in [9.17, 15) is 9.59 Å². The Kier molecular flexibility index (Phi) is 8.41. The highest BCUT2D eigenvalue weighted by atomic mass is 32.2. The number of ether oxygens (including phenoxy) is 1. The fourth-order valence-corrected chi connectivity index (χ4v) is 6.46. The van der Waals surface area contributed by atoms with E-state index in [4.69, 9.17) is 4.74 Å². The Hall–Kier alpha value is -2.91. The summed E-state index contributed by atoms with van der Waals surface area (Å²) in [5, 5.41) is 12.9. The highest BCUT2D eigenvalue weighted by molar-refractivity contribution is 7.99. The van der Waals surface area contributed by atoms with Crippen LogP contribution in [0, 0.1) is 5.92 Å². The standard InChI is InChI=1S/C26H30N4O3S2/c1-4-14-30-21(13-11-18-8-6-5-7-9-18)28-29-26(30)34-16-22(31)27-24-23(25(32)33-3)19-12-10-17(2)15-20(19)35-24/h4-9,17H,1,10-16H2,2-3H3,(H,27,31). The van der Waals surface area contributed by atoms with Crippen LogP contribution in [0.25, 0.3) is 0 Å². The molecule has 0 radical (unpaired) electrons. The Bertz CT molecular complexity index is 1200. The third-order valence-electron chi connectivity index (χ3n) is 6.07. The number of thioether (sulfide) groups is 1. The number of amides is 1. The van der Waals surface area contributed by atoms with Crippen molar-refractivity contribution in [3.05, 3.63) is 70.4 Å². The van der Waals surface area contributed by atoms with E-state index >= 15 is 0 Å². The summed E-state index contributed by atoms with van der Waals surface area (Å²) in [6, 6.07) is 10.3. The van der Waals surface area contributed by atoms with Gasteiger partial charge in [-0.05, 0) is 42.7 Å². The summed E-state index contributed by atoms with van der Waals surface area (Å²) in [6.45, 7) is 6.64. The molecule has 7 nitrogen and oxygen atoms in total. The van der Waals surface area contributed by atoms with Crippen LogP contribution in [0.5, 0.6) is 0 Å². The van der Waals surface area contributed by atoms with E-state index in [1.165, 1.54) is 40.6 Å². The summed E-state index contributed by atoms with van der Waals surface area (Å²) in [5.41, 5.74) is 2.77. The maximum absolute atomic E-state index is 12.9. The number of aromatic nitrogens is 3. The summed E-state index contributed by atoms with van der Waals surface area (Å²) < 4.78 is 7.02. The van der Waals surface area contributed by atoms with Gasteiger partial charge in [-0.25, -0.2) is 4.79 Å². The number of rotatable bonds is 10. The van der Waals surface area contributed by atoms with Gasteiger partial charge in [0.1, 0.15) is 10.8 Å². The average Bonchev–Trinajstić information content (AvgIpc) is 3.41. The zero-order chi connectivity index (χ0) is 24.8. The molecule has 0 aliphatic heterocycles. The second kappa shape index (κ2) is 11.7. The maximum Gasteiger partial charge on any atom is 0.341 e. The minimum absolute atomic E-state index is 0.160. The molecule has 0 saturated heterocycles. The molecule has 1 atom stereocenters. The van der Waals surface area contributed by atoms with E-state index in [0.717, 1.165) is 43.5 Å². The fraction of sp³-hybridized carbons (Fsp3) is 0.385. The number of thiophene rings is 1. The van der Waals surface area contributed by atoms with Gasteiger partial charge in [0.05, 0.1) is 18.4 Å². The molecule has 1 aromatic carbocycles. The highest BCUT2D eigenvalue weighted by Crippen LogP contribution is 2.40. The van der Waals surface area contributed by atoms with Gasteiger partial charge in [0.2, 0.25) is 5.91 Å². The van der Waals surface area contributed by atoms with Crippen molar-refractivity contribution < 1.29 is 14.3 Å². The summed E-state index contributed by atoms with van der Waals surface area (Å²) >= 11 is 2.82. The maximum atomic E-state index is 12.9. The number of anilines is 1. The first-order valence-corrected chi connectivity index (χ1v) is 13.5. The molecule has 184 valence electrons. The number of carbonyl (C=O) groups excluding carboxylic acids is 2. The molecule has 2 heterocycles. The van der Waals surface area contributed by atoms with Crippen molar-refractivity contribution in [1.29, 1.82) is 0 Å². The summed E-state index contributed by atoms with van der Waals surface area (Å²) in [5.74, 6) is 1.01. The van der Waals surface area contributed by atoms with Gasteiger partial charge in [0.25, 0.3) is 0 Å². The lowest BCUT2D eigenvalue weighted by Crippen LogP contribution is -2.17. The number of carbonyl (C=O) groups is 2.